The van der Waals surface area contributed by atoms with Crippen LogP contribution in [0, 0.1) is 17.6 Å². The summed E-state index contributed by atoms with van der Waals surface area (Å²) in [6.07, 6.45) is 1.59. The average Bonchev–Trinajstić information content (AvgIpc) is 3.07. The summed E-state index contributed by atoms with van der Waals surface area (Å²) in [4.78, 5) is 12.0. The number of fused-ring (bicyclic) bond motifs is 1. The summed E-state index contributed by atoms with van der Waals surface area (Å²) in [5, 5.41) is 15.3. The number of hydrogen-bond acceptors (Lipinski definition) is 7. The van der Waals surface area contributed by atoms with Crippen molar-refractivity contribution >= 4 is 44.8 Å². The normalized spacial score (nSPS) is 10.7. The number of aromatic nitrogens is 2. The highest BCUT2D eigenvalue weighted by Crippen LogP contribution is 2.41. The van der Waals surface area contributed by atoms with Crippen LogP contribution in [0.3, 0.4) is 0 Å². The summed E-state index contributed by atoms with van der Waals surface area (Å²) in [6, 6.07) is 15.9. The molecule has 5 nitrogen and oxygen atoms in total. The number of rotatable bonds is 6. The van der Waals surface area contributed by atoms with Gasteiger partial charge in [-0.3, -0.25) is 0 Å². The van der Waals surface area contributed by atoms with Crippen molar-refractivity contribution in [1.29, 1.82) is 5.26 Å². The van der Waals surface area contributed by atoms with Gasteiger partial charge >= 0.3 is 0 Å². The highest BCUT2D eigenvalue weighted by atomic mass is 32.2. The number of aryl methyl sites for hydroxylation is 1. The van der Waals surface area contributed by atoms with Gasteiger partial charge in [0.15, 0.2) is 0 Å². The zero-order valence-corrected chi connectivity index (χ0v) is 17.6. The molecule has 29 heavy (non-hydrogen) atoms. The molecule has 0 amide bonds. The molecule has 0 unspecified atom stereocenters. The quantitative estimate of drug-likeness (QED) is 0.289. The van der Waals surface area contributed by atoms with Crippen molar-refractivity contribution in [1.82, 2.24) is 9.97 Å². The fourth-order valence-corrected chi connectivity index (χ4v) is 4.56. The van der Waals surface area contributed by atoms with Gasteiger partial charge in [0.25, 0.3) is 0 Å². The smallest absolute Gasteiger partial charge is 0.143 e. The van der Waals surface area contributed by atoms with Gasteiger partial charge in [0.1, 0.15) is 28.1 Å². The van der Waals surface area contributed by atoms with Crippen molar-refractivity contribution in [3.8, 4) is 22.3 Å². The van der Waals surface area contributed by atoms with Crippen molar-refractivity contribution in [2.24, 2.45) is 0 Å². The molecule has 0 spiro atoms. The number of ether oxygens (including phenoxy) is 1. The molecule has 0 aliphatic carbocycles. The first kappa shape index (κ1) is 19.2. The van der Waals surface area contributed by atoms with Crippen molar-refractivity contribution in [3.63, 3.8) is 0 Å². The van der Waals surface area contributed by atoms with Gasteiger partial charge in [-0.1, -0.05) is 12.1 Å². The van der Waals surface area contributed by atoms with E-state index in [0.717, 1.165) is 55.3 Å². The van der Waals surface area contributed by atoms with E-state index in [2.05, 4.69) is 39.7 Å². The molecular weight excluding hydrogens is 400 g/mol. The predicted molar refractivity (Wildman–Crippen MR) is 120 cm³/mol. The molecule has 0 aliphatic rings. The number of nitrogens with one attached hydrogen (secondary N) is 1. The van der Waals surface area contributed by atoms with E-state index in [9.17, 15) is 0 Å². The first-order valence-corrected chi connectivity index (χ1v) is 10.7. The lowest BCUT2D eigenvalue weighted by Gasteiger charge is -2.10. The average molecular weight is 419 g/mol. The Balaban J connectivity index is 1.74. The second-order valence-electron chi connectivity index (χ2n) is 6.24. The second kappa shape index (κ2) is 8.52. The van der Waals surface area contributed by atoms with E-state index in [4.69, 9.17) is 10.00 Å². The van der Waals surface area contributed by atoms with Gasteiger partial charge in [0.2, 0.25) is 0 Å². The Morgan fingerprint density at radius 3 is 2.55 bits per heavy atom. The Morgan fingerprint density at radius 1 is 1.10 bits per heavy atom. The number of anilines is 2. The summed E-state index contributed by atoms with van der Waals surface area (Å²) in [5.41, 5.74) is 3.15. The van der Waals surface area contributed by atoms with Gasteiger partial charge in [-0.25, -0.2) is 9.97 Å². The van der Waals surface area contributed by atoms with Crippen LogP contribution in [0.5, 0.6) is 5.75 Å². The molecule has 0 aliphatic heterocycles. The SMILES string of the molecule is CCOc1ccc(-c2c(C)sc3ncnc(Nc4ccc(SC#N)cc4)c23)cc1. The molecule has 2 aromatic heterocycles. The standard InChI is InChI=1S/C22H18N4OS2/c1-3-27-17-8-4-15(5-9-17)19-14(2)29-22-20(19)21(24-13-25-22)26-16-6-10-18(11-7-16)28-12-23/h4-11,13H,3H2,1-2H3,(H,24,25,26). The lowest BCUT2D eigenvalue weighted by molar-refractivity contribution is 0.340. The minimum Gasteiger partial charge on any atom is -0.494 e. The van der Waals surface area contributed by atoms with E-state index in [1.165, 1.54) is 4.88 Å². The molecule has 1 N–H and O–H groups in total. The molecule has 2 heterocycles. The fourth-order valence-electron chi connectivity index (χ4n) is 3.17. The van der Waals surface area contributed by atoms with Crippen LogP contribution < -0.4 is 10.1 Å². The Kier molecular flexibility index (Phi) is 5.65. The molecule has 0 fully saturated rings. The maximum atomic E-state index is 8.80. The molecular formula is C22H18N4OS2. The van der Waals surface area contributed by atoms with Gasteiger partial charge in [0, 0.05) is 21.0 Å². The lowest BCUT2D eigenvalue weighted by Crippen LogP contribution is -1.96. The number of nitrogens with zero attached hydrogens (tertiary/aromatic N) is 3. The molecule has 0 bridgehead atoms. The molecule has 0 saturated heterocycles. The Bertz CT molecular complexity index is 1180. The van der Waals surface area contributed by atoms with Crippen LogP contribution in [0.15, 0.2) is 59.8 Å². The van der Waals surface area contributed by atoms with E-state index in [1.807, 2.05) is 43.3 Å². The Hall–Kier alpha value is -3.08. The van der Waals surface area contributed by atoms with E-state index < -0.39 is 0 Å². The fraction of sp³-hybridized carbons (Fsp3) is 0.136. The van der Waals surface area contributed by atoms with Crippen molar-refractivity contribution < 1.29 is 4.74 Å². The van der Waals surface area contributed by atoms with Gasteiger partial charge < -0.3 is 10.1 Å². The van der Waals surface area contributed by atoms with Gasteiger partial charge in [-0.05, 0) is 67.6 Å². The molecule has 4 rings (SSSR count). The molecule has 0 radical (unpaired) electrons. The minimum atomic E-state index is 0.646. The Labute approximate surface area is 177 Å². The number of thiocyanates is 1. The first-order valence-electron chi connectivity index (χ1n) is 9.10. The maximum Gasteiger partial charge on any atom is 0.143 e. The van der Waals surface area contributed by atoms with Crippen LogP contribution in [-0.4, -0.2) is 16.6 Å². The predicted octanol–water partition coefficient (Wildman–Crippen LogP) is 6.38. The third kappa shape index (κ3) is 4.04. The number of hydrogen-bond donors (Lipinski definition) is 1. The molecule has 0 saturated carbocycles. The van der Waals surface area contributed by atoms with E-state index >= 15 is 0 Å². The second-order valence-corrected chi connectivity index (χ2v) is 8.30. The third-order valence-electron chi connectivity index (χ3n) is 4.40. The number of thiophene rings is 1. The van der Waals surface area contributed by atoms with Gasteiger partial charge in [0.05, 0.1) is 12.0 Å². The minimum absolute atomic E-state index is 0.646. The van der Waals surface area contributed by atoms with Crippen molar-refractivity contribution in [3.05, 3.63) is 59.7 Å². The number of nitriles is 1. The molecule has 0 atom stereocenters. The molecule has 144 valence electrons. The van der Waals surface area contributed by atoms with Crippen LogP contribution in [0.1, 0.15) is 11.8 Å². The van der Waals surface area contributed by atoms with E-state index in [1.54, 1.807) is 17.7 Å². The topological polar surface area (TPSA) is 70.8 Å². The summed E-state index contributed by atoms with van der Waals surface area (Å²) in [6.45, 7) is 4.73. The zero-order valence-electron chi connectivity index (χ0n) is 16.0. The molecule has 7 heteroatoms. The van der Waals surface area contributed by atoms with Crippen molar-refractivity contribution in [2.45, 2.75) is 18.7 Å². The van der Waals surface area contributed by atoms with Crippen LogP contribution in [0.2, 0.25) is 0 Å². The van der Waals surface area contributed by atoms with E-state index in [-0.39, 0.29) is 0 Å². The van der Waals surface area contributed by atoms with Crippen LogP contribution >= 0.6 is 23.1 Å². The van der Waals surface area contributed by atoms with Crippen LogP contribution in [0.4, 0.5) is 11.5 Å². The number of thioether (sulfide) groups is 1. The van der Waals surface area contributed by atoms with Gasteiger partial charge in [-0.15, -0.1) is 11.3 Å². The number of benzene rings is 2. The summed E-state index contributed by atoms with van der Waals surface area (Å²) < 4.78 is 5.57. The monoisotopic (exact) mass is 418 g/mol. The molecule has 2 aromatic carbocycles. The van der Waals surface area contributed by atoms with Gasteiger partial charge in [-0.2, -0.15) is 5.26 Å². The third-order valence-corrected chi connectivity index (χ3v) is 6.01. The summed E-state index contributed by atoms with van der Waals surface area (Å²) >= 11 is 2.80. The summed E-state index contributed by atoms with van der Waals surface area (Å²) in [5.74, 6) is 1.63. The van der Waals surface area contributed by atoms with Crippen LogP contribution in [0.25, 0.3) is 21.3 Å². The maximum absolute atomic E-state index is 8.80. The van der Waals surface area contributed by atoms with Crippen molar-refractivity contribution in [2.75, 3.05) is 11.9 Å². The molecule has 4 aromatic rings. The highest BCUT2D eigenvalue weighted by Gasteiger charge is 2.17. The lowest BCUT2D eigenvalue weighted by atomic mass is 10.0. The summed E-state index contributed by atoms with van der Waals surface area (Å²) in [7, 11) is 0. The highest BCUT2D eigenvalue weighted by molar-refractivity contribution is 8.03. The first-order chi connectivity index (χ1) is 14.2. The van der Waals surface area contributed by atoms with Crippen LogP contribution in [-0.2, 0) is 0 Å². The van der Waals surface area contributed by atoms with E-state index in [0.29, 0.717) is 6.61 Å². The zero-order chi connectivity index (χ0) is 20.2. The Morgan fingerprint density at radius 2 is 1.86 bits per heavy atom. The largest absolute Gasteiger partial charge is 0.494 e.